The molecule has 1 N–H and O–H groups in total. The highest BCUT2D eigenvalue weighted by Gasteiger charge is 2.48. The predicted octanol–water partition coefficient (Wildman–Crippen LogP) is 5.26. The highest BCUT2D eigenvalue weighted by Crippen LogP contribution is 2.34. The smallest absolute Gasteiger partial charge is 0.327 e. The lowest BCUT2D eigenvalue weighted by Crippen LogP contribution is -2.41. The second kappa shape index (κ2) is 12.6. The van der Waals surface area contributed by atoms with E-state index >= 15 is 0 Å². The Hall–Kier alpha value is -3.55. The van der Waals surface area contributed by atoms with Crippen molar-refractivity contribution in [2.24, 2.45) is 5.41 Å². The Morgan fingerprint density at radius 2 is 1.38 bits per heavy atom. The van der Waals surface area contributed by atoms with E-state index in [9.17, 15) is 23.2 Å². The Morgan fingerprint density at radius 3 is 1.91 bits per heavy atom. The van der Waals surface area contributed by atoms with Gasteiger partial charge in [0.15, 0.2) is 5.41 Å². The van der Waals surface area contributed by atoms with Crippen LogP contribution in [0.1, 0.15) is 38.7 Å². The second-order valence-corrected chi connectivity index (χ2v) is 7.53. The van der Waals surface area contributed by atoms with Crippen molar-refractivity contribution in [3.63, 3.8) is 0 Å². The normalized spacial score (nSPS) is 11.8. The number of alkyl halides is 2. The first-order valence-electron chi connectivity index (χ1n) is 11.1. The lowest BCUT2D eigenvalue weighted by Gasteiger charge is -2.27. The van der Waals surface area contributed by atoms with E-state index in [0.29, 0.717) is 5.56 Å². The van der Waals surface area contributed by atoms with E-state index in [-0.39, 0.29) is 31.7 Å². The van der Waals surface area contributed by atoms with E-state index in [1.165, 1.54) is 18.2 Å². The van der Waals surface area contributed by atoms with Gasteiger partial charge in [0, 0.05) is 12.1 Å². The summed E-state index contributed by atoms with van der Waals surface area (Å²) in [6.45, 7) is 3.15. The molecule has 0 aliphatic heterocycles. The van der Waals surface area contributed by atoms with Crippen LogP contribution in [0.5, 0.6) is 0 Å². The van der Waals surface area contributed by atoms with Gasteiger partial charge in [0.1, 0.15) is 0 Å². The maximum atomic E-state index is 14.6. The molecule has 0 heterocycles. The molecule has 8 heteroatoms. The lowest BCUT2D eigenvalue weighted by atomic mass is 9.81. The number of esters is 2. The van der Waals surface area contributed by atoms with E-state index in [0.717, 1.165) is 0 Å². The van der Waals surface area contributed by atoms with Gasteiger partial charge in [0.2, 0.25) is 0 Å². The highest BCUT2D eigenvalue weighted by molar-refractivity contribution is 6.03. The Kier molecular flexibility index (Phi) is 9.92. The van der Waals surface area contributed by atoms with Crippen LogP contribution < -0.4 is 5.32 Å². The summed E-state index contributed by atoms with van der Waals surface area (Å²) in [4.78, 5) is 37.9. The Morgan fingerprint density at radius 1 is 0.853 bits per heavy atom. The average Bonchev–Trinajstić information content (AvgIpc) is 2.82. The molecular weight excluding hydrogens is 444 g/mol. The third-order valence-corrected chi connectivity index (χ3v) is 5.06. The van der Waals surface area contributed by atoms with Crippen molar-refractivity contribution in [2.75, 3.05) is 18.5 Å². The molecule has 0 aliphatic rings. The SMILES string of the molecule is CCOC(=O)C(/C=C/c1ccccc1)(CCCC(F)(F)C(=O)Nc1ccccc1)C(=O)OCC. The van der Waals surface area contributed by atoms with Gasteiger partial charge in [-0.25, -0.2) is 0 Å². The van der Waals surface area contributed by atoms with E-state index in [2.05, 4.69) is 5.32 Å². The Balaban J connectivity index is 2.23. The van der Waals surface area contributed by atoms with E-state index in [1.807, 2.05) is 6.07 Å². The van der Waals surface area contributed by atoms with Crippen LogP contribution in [0.3, 0.4) is 0 Å². The molecule has 0 atom stereocenters. The summed E-state index contributed by atoms with van der Waals surface area (Å²) in [5.41, 5.74) is -0.980. The van der Waals surface area contributed by atoms with Crippen LogP contribution in [0.25, 0.3) is 6.08 Å². The summed E-state index contributed by atoms with van der Waals surface area (Å²) in [7, 11) is 0. The zero-order valence-corrected chi connectivity index (χ0v) is 19.3. The first-order valence-corrected chi connectivity index (χ1v) is 11.1. The van der Waals surface area contributed by atoms with Crippen LogP contribution in [0.2, 0.25) is 0 Å². The lowest BCUT2D eigenvalue weighted by molar-refractivity contribution is -0.168. The zero-order valence-electron chi connectivity index (χ0n) is 19.3. The number of nitrogens with one attached hydrogen (secondary N) is 1. The fourth-order valence-electron chi connectivity index (χ4n) is 3.28. The fraction of sp³-hybridized carbons (Fsp3) is 0.346. The zero-order chi connectivity index (χ0) is 25.0. The monoisotopic (exact) mass is 473 g/mol. The molecule has 0 fully saturated rings. The largest absolute Gasteiger partial charge is 0.465 e. The molecule has 0 bridgehead atoms. The third kappa shape index (κ3) is 7.23. The van der Waals surface area contributed by atoms with Gasteiger partial charge < -0.3 is 14.8 Å². The van der Waals surface area contributed by atoms with Crippen LogP contribution in [0.15, 0.2) is 66.7 Å². The summed E-state index contributed by atoms with van der Waals surface area (Å²) in [5, 5.41) is 2.18. The minimum Gasteiger partial charge on any atom is -0.465 e. The van der Waals surface area contributed by atoms with Crippen molar-refractivity contribution < 1.29 is 32.6 Å². The van der Waals surface area contributed by atoms with Crippen molar-refractivity contribution >= 4 is 29.6 Å². The molecule has 1 amide bonds. The van der Waals surface area contributed by atoms with Gasteiger partial charge in [-0.15, -0.1) is 0 Å². The molecule has 2 aromatic rings. The fourth-order valence-corrected chi connectivity index (χ4v) is 3.28. The van der Waals surface area contributed by atoms with Crippen molar-refractivity contribution in [3.8, 4) is 0 Å². The minimum atomic E-state index is -3.71. The molecule has 0 spiro atoms. The maximum absolute atomic E-state index is 14.6. The Labute approximate surface area is 198 Å². The van der Waals surface area contributed by atoms with Gasteiger partial charge >= 0.3 is 17.9 Å². The van der Waals surface area contributed by atoms with Gasteiger partial charge in [-0.05, 0) is 44.4 Å². The second-order valence-electron chi connectivity index (χ2n) is 7.53. The molecule has 0 radical (unpaired) electrons. The van der Waals surface area contributed by atoms with E-state index in [4.69, 9.17) is 9.47 Å². The van der Waals surface area contributed by atoms with Crippen LogP contribution in [0, 0.1) is 5.41 Å². The van der Waals surface area contributed by atoms with Gasteiger partial charge in [-0.2, -0.15) is 8.78 Å². The van der Waals surface area contributed by atoms with Crippen LogP contribution in [-0.4, -0.2) is 37.0 Å². The number of carbonyl (C=O) groups is 3. The topological polar surface area (TPSA) is 81.7 Å². The van der Waals surface area contributed by atoms with Crippen LogP contribution >= 0.6 is 0 Å². The van der Waals surface area contributed by atoms with Gasteiger partial charge in [-0.3, -0.25) is 14.4 Å². The standard InChI is InChI=1S/C26H29F2NO5/c1-3-33-23(31)25(24(32)34-4-2,19-16-20-12-7-5-8-13-20)17-11-18-26(27,28)22(30)29-21-14-9-6-10-15-21/h5-10,12-16,19H,3-4,11,17-18H2,1-2H3,(H,29,30)/b19-16+. The Bertz CT molecular complexity index is 959. The van der Waals surface area contributed by atoms with Crippen molar-refractivity contribution in [2.45, 2.75) is 39.0 Å². The molecule has 6 nitrogen and oxygen atoms in total. The summed E-state index contributed by atoms with van der Waals surface area (Å²) < 4.78 is 39.4. The first-order chi connectivity index (χ1) is 16.2. The van der Waals surface area contributed by atoms with Gasteiger partial charge in [0.05, 0.1) is 13.2 Å². The molecule has 34 heavy (non-hydrogen) atoms. The first kappa shape index (κ1) is 26.7. The predicted molar refractivity (Wildman–Crippen MR) is 125 cm³/mol. The van der Waals surface area contributed by atoms with Gasteiger partial charge in [-0.1, -0.05) is 60.7 Å². The molecular formula is C26H29F2NO5. The number of amides is 1. The highest BCUT2D eigenvalue weighted by atomic mass is 19.3. The summed E-state index contributed by atoms with van der Waals surface area (Å²) >= 11 is 0. The summed E-state index contributed by atoms with van der Waals surface area (Å²) in [5.74, 6) is -6.96. The number of ether oxygens (including phenoxy) is 2. The number of rotatable bonds is 12. The number of halogens is 2. The molecule has 0 unspecified atom stereocenters. The molecule has 0 saturated carbocycles. The number of para-hydroxylation sites is 1. The number of carbonyl (C=O) groups excluding carboxylic acids is 3. The number of anilines is 1. The van der Waals surface area contributed by atoms with E-state index in [1.54, 1.807) is 62.4 Å². The summed E-state index contributed by atoms with van der Waals surface area (Å²) in [6, 6.07) is 16.8. The van der Waals surface area contributed by atoms with Crippen LogP contribution in [0.4, 0.5) is 14.5 Å². The molecule has 182 valence electrons. The maximum Gasteiger partial charge on any atom is 0.327 e. The number of hydrogen-bond donors (Lipinski definition) is 1. The molecule has 2 aromatic carbocycles. The van der Waals surface area contributed by atoms with E-state index < -0.39 is 35.6 Å². The molecule has 2 rings (SSSR count). The van der Waals surface area contributed by atoms with Gasteiger partial charge in [0.25, 0.3) is 5.91 Å². The average molecular weight is 474 g/mol. The molecule has 0 aliphatic carbocycles. The molecule has 0 aromatic heterocycles. The number of hydrogen-bond acceptors (Lipinski definition) is 5. The minimum absolute atomic E-state index is 0.00515. The third-order valence-electron chi connectivity index (χ3n) is 5.06. The van der Waals surface area contributed by atoms with Crippen molar-refractivity contribution in [3.05, 3.63) is 72.3 Å². The van der Waals surface area contributed by atoms with Crippen molar-refractivity contribution in [1.29, 1.82) is 0 Å². The van der Waals surface area contributed by atoms with Crippen LogP contribution in [-0.2, 0) is 23.9 Å². The molecule has 0 saturated heterocycles. The quantitative estimate of drug-likeness (QED) is 0.336. The van der Waals surface area contributed by atoms with Crippen molar-refractivity contribution in [1.82, 2.24) is 0 Å². The summed E-state index contributed by atoms with van der Waals surface area (Å²) in [6.07, 6.45) is 1.38. The number of benzene rings is 2.